The predicted molar refractivity (Wildman–Crippen MR) is 130 cm³/mol. The van der Waals surface area contributed by atoms with Crippen LogP contribution in [0.5, 0.6) is 11.5 Å². The van der Waals surface area contributed by atoms with Gasteiger partial charge in [-0.3, -0.25) is 0 Å². The molecule has 0 aliphatic rings. The molecule has 0 aromatic heterocycles. The summed E-state index contributed by atoms with van der Waals surface area (Å²) in [6.45, 7) is 11.4. The van der Waals surface area contributed by atoms with Crippen molar-refractivity contribution in [3.8, 4) is 11.5 Å². The summed E-state index contributed by atoms with van der Waals surface area (Å²) in [5.41, 5.74) is 0.356. The van der Waals surface area contributed by atoms with Gasteiger partial charge < -0.3 is 18.9 Å². The number of hydrogen-bond donors (Lipinski definition) is 0. The number of carbonyl (C=O) groups excluding carboxylic acids is 1. The highest BCUT2D eigenvalue weighted by Crippen LogP contribution is 2.33. The van der Waals surface area contributed by atoms with Crippen molar-refractivity contribution in [1.29, 1.82) is 0 Å². The van der Waals surface area contributed by atoms with Crippen LogP contribution in [0, 0.1) is 0 Å². The first-order chi connectivity index (χ1) is 15.6. The van der Waals surface area contributed by atoms with Gasteiger partial charge in [0.05, 0.1) is 13.2 Å². The second kappa shape index (κ2) is 14.5. The van der Waals surface area contributed by atoms with E-state index in [4.69, 9.17) is 18.9 Å². The van der Waals surface area contributed by atoms with Crippen molar-refractivity contribution < 1.29 is 23.7 Å². The molecule has 0 aliphatic heterocycles. The Morgan fingerprint density at radius 2 is 1.50 bits per heavy atom. The van der Waals surface area contributed by atoms with Crippen LogP contribution in [0.2, 0.25) is 0 Å². The molecule has 5 heteroatoms. The highest BCUT2D eigenvalue weighted by Gasteiger charge is 2.18. The largest absolute Gasteiger partial charge is 0.493 e. The molecule has 2 rings (SSSR count). The number of benzene rings is 2. The number of hydrogen-bond acceptors (Lipinski definition) is 5. The molecular formula is C27H38O5. The van der Waals surface area contributed by atoms with Gasteiger partial charge in [0.2, 0.25) is 0 Å². The summed E-state index contributed by atoms with van der Waals surface area (Å²) in [4.78, 5) is 12.0. The SMILES string of the molecule is C=C(C)C(=O)OC(COCCCC)COc1ccc(OCCCCCC)c2ccccc12. The highest BCUT2D eigenvalue weighted by atomic mass is 16.6. The van der Waals surface area contributed by atoms with Crippen molar-refractivity contribution in [3.05, 3.63) is 48.6 Å². The molecule has 0 N–H and O–H groups in total. The van der Waals surface area contributed by atoms with Gasteiger partial charge >= 0.3 is 5.97 Å². The number of carbonyl (C=O) groups is 1. The van der Waals surface area contributed by atoms with Gasteiger partial charge in [-0.25, -0.2) is 4.79 Å². The molecule has 0 fully saturated rings. The number of ether oxygens (including phenoxy) is 4. The first kappa shape index (κ1) is 25.7. The lowest BCUT2D eigenvalue weighted by Crippen LogP contribution is -2.30. The maximum absolute atomic E-state index is 12.0. The molecule has 0 saturated carbocycles. The number of fused-ring (bicyclic) bond motifs is 1. The second-order valence-electron chi connectivity index (χ2n) is 8.06. The third kappa shape index (κ3) is 8.54. The van der Waals surface area contributed by atoms with Crippen molar-refractivity contribution in [3.63, 3.8) is 0 Å². The maximum Gasteiger partial charge on any atom is 0.333 e. The second-order valence-corrected chi connectivity index (χ2v) is 8.06. The molecule has 0 bridgehead atoms. The van der Waals surface area contributed by atoms with Crippen LogP contribution in [0.3, 0.4) is 0 Å². The standard InChI is InChI=1S/C27H38O5/c1-5-7-9-12-18-30-25-15-16-26(24-14-11-10-13-23(24)25)31-20-22(19-29-17-8-6-2)32-27(28)21(3)4/h10-11,13-16,22H,3,5-9,12,17-20H2,1-2,4H3. The third-order valence-corrected chi connectivity index (χ3v) is 5.09. The molecule has 0 aliphatic carbocycles. The van der Waals surface area contributed by atoms with Crippen LogP contribution < -0.4 is 9.47 Å². The van der Waals surface area contributed by atoms with E-state index in [1.165, 1.54) is 19.3 Å². The predicted octanol–water partition coefficient (Wildman–Crippen LogP) is 6.48. The Labute approximate surface area is 192 Å². The molecule has 1 unspecified atom stereocenters. The van der Waals surface area contributed by atoms with Crippen molar-refractivity contribution in [2.24, 2.45) is 0 Å². The van der Waals surface area contributed by atoms with Crippen LogP contribution >= 0.6 is 0 Å². The average Bonchev–Trinajstić information content (AvgIpc) is 2.80. The highest BCUT2D eigenvalue weighted by molar-refractivity contribution is 5.93. The van der Waals surface area contributed by atoms with Gasteiger partial charge in [0.1, 0.15) is 18.1 Å². The minimum Gasteiger partial charge on any atom is -0.493 e. The number of esters is 1. The molecule has 0 amide bonds. The molecule has 0 radical (unpaired) electrons. The molecule has 32 heavy (non-hydrogen) atoms. The van der Waals surface area contributed by atoms with E-state index < -0.39 is 12.1 Å². The molecular weight excluding hydrogens is 404 g/mol. The van der Waals surface area contributed by atoms with Gasteiger partial charge in [-0.2, -0.15) is 0 Å². The minimum atomic E-state index is -0.510. The summed E-state index contributed by atoms with van der Waals surface area (Å²) in [5, 5.41) is 1.98. The Kier molecular flexibility index (Phi) is 11.7. The summed E-state index contributed by atoms with van der Waals surface area (Å²) in [7, 11) is 0. The smallest absolute Gasteiger partial charge is 0.333 e. The fourth-order valence-corrected chi connectivity index (χ4v) is 3.22. The van der Waals surface area contributed by atoms with E-state index in [9.17, 15) is 4.79 Å². The van der Waals surface area contributed by atoms with E-state index in [-0.39, 0.29) is 13.2 Å². The van der Waals surface area contributed by atoms with Gasteiger partial charge in [0.15, 0.2) is 6.10 Å². The van der Waals surface area contributed by atoms with E-state index in [1.54, 1.807) is 6.92 Å². The molecule has 1 atom stereocenters. The Balaban J connectivity index is 2.06. The summed E-state index contributed by atoms with van der Waals surface area (Å²) in [5.74, 6) is 1.15. The van der Waals surface area contributed by atoms with Crippen LogP contribution in [0.25, 0.3) is 10.8 Å². The summed E-state index contributed by atoms with van der Waals surface area (Å²) in [6, 6.07) is 11.9. The molecule has 0 spiro atoms. The average molecular weight is 443 g/mol. The lowest BCUT2D eigenvalue weighted by atomic mass is 10.1. The maximum atomic E-state index is 12.0. The van der Waals surface area contributed by atoms with Crippen LogP contribution in [0.4, 0.5) is 0 Å². The van der Waals surface area contributed by atoms with Crippen LogP contribution in [-0.4, -0.2) is 38.5 Å². The van der Waals surface area contributed by atoms with E-state index in [0.717, 1.165) is 41.5 Å². The quantitative estimate of drug-likeness (QED) is 0.169. The van der Waals surface area contributed by atoms with Crippen molar-refractivity contribution >= 4 is 16.7 Å². The van der Waals surface area contributed by atoms with Gasteiger partial charge in [-0.05, 0) is 31.9 Å². The molecule has 0 heterocycles. The van der Waals surface area contributed by atoms with Gasteiger partial charge in [-0.1, -0.05) is 70.4 Å². The normalized spacial score (nSPS) is 11.8. The minimum absolute atomic E-state index is 0.201. The van der Waals surface area contributed by atoms with E-state index in [2.05, 4.69) is 20.4 Å². The topological polar surface area (TPSA) is 54.0 Å². The zero-order valence-electron chi connectivity index (χ0n) is 19.9. The van der Waals surface area contributed by atoms with Crippen LogP contribution in [-0.2, 0) is 14.3 Å². The lowest BCUT2D eigenvalue weighted by molar-refractivity contribution is -0.149. The van der Waals surface area contributed by atoms with Gasteiger partial charge in [0, 0.05) is 23.0 Å². The molecule has 0 saturated heterocycles. The molecule has 5 nitrogen and oxygen atoms in total. The zero-order chi connectivity index (χ0) is 23.2. The van der Waals surface area contributed by atoms with Gasteiger partial charge in [-0.15, -0.1) is 0 Å². The first-order valence-electron chi connectivity index (χ1n) is 11.8. The fourth-order valence-electron chi connectivity index (χ4n) is 3.22. The summed E-state index contributed by atoms with van der Waals surface area (Å²) < 4.78 is 23.3. The van der Waals surface area contributed by atoms with Gasteiger partial charge in [0.25, 0.3) is 0 Å². The third-order valence-electron chi connectivity index (χ3n) is 5.09. The Hall–Kier alpha value is -2.53. The Morgan fingerprint density at radius 1 is 0.844 bits per heavy atom. The van der Waals surface area contributed by atoms with Crippen LogP contribution in [0.15, 0.2) is 48.6 Å². The van der Waals surface area contributed by atoms with Crippen molar-refractivity contribution in [2.45, 2.75) is 65.4 Å². The monoisotopic (exact) mass is 442 g/mol. The lowest BCUT2D eigenvalue weighted by Gasteiger charge is -2.20. The number of unbranched alkanes of at least 4 members (excludes halogenated alkanes) is 4. The fraction of sp³-hybridized carbons (Fsp3) is 0.519. The Morgan fingerprint density at radius 3 is 2.12 bits per heavy atom. The Bertz CT molecular complexity index is 845. The summed E-state index contributed by atoms with van der Waals surface area (Å²) in [6.07, 6.45) is 6.17. The first-order valence-corrected chi connectivity index (χ1v) is 11.8. The number of rotatable bonds is 16. The van der Waals surface area contributed by atoms with E-state index in [1.807, 2.05) is 36.4 Å². The van der Waals surface area contributed by atoms with E-state index in [0.29, 0.717) is 18.8 Å². The molecule has 2 aromatic rings. The van der Waals surface area contributed by atoms with E-state index >= 15 is 0 Å². The van der Waals surface area contributed by atoms with Crippen LogP contribution in [0.1, 0.15) is 59.3 Å². The zero-order valence-corrected chi connectivity index (χ0v) is 19.9. The molecule has 176 valence electrons. The molecule has 2 aromatic carbocycles. The van der Waals surface area contributed by atoms with Crippen molar-refractivity contribution in [2.75, 3.05) is 26.4 Å². The van der Waals surface area contributed by atoms with Crippen molar-refractivity contribution in [1.82, 2.24) is 0 Å². The summed E-state index contributed by atoms with van der Waals surface area (Å²) >= 11 is 0.